The topological polar surface area (TPSA) is 35.2 Å². The predicted molar refractivity (Wildman–Crippen MR) is 80.3 cm³/mol. The molecule has 1 aliphatic rings. The first-order chi connectivity index (χ1) is 9.10. The molecular formula is C17H27NO. The van der Waals surface area contributed by atoms with Gasteiger partial charge in [-0.05, 0) is 56.2 Å². The Balaban J connectivity index is 2.04. The van der Waals surface area contributed by atoms with Gasteiger partial charge in [-0.25, -0.2) is 0 Å². The van der Waals surface area contributed by atoms with Gasteiger partial charge in [-0.2, -0.15) is 0 Å². The maximum Gasteiger partial charge on any atom is 0.120 e. The van der Waals surface area contributed by atoms with Crippen LogP contribution in [0, 0.1) is 11.8 Å². The van der Waals surface area contributed by atoms with Gasteiger partial charge >= 0.3 is 0 Å². The van der Waals surface area contributed by atoms with E-state index in [1.807, 2.05) is 6.07 Å². The van der Waals surface area contributed by atoms with Crippen LogP contribution in [0.4, 0.5) is 0 Å². The van der Waals surface area contributed by atoms with Crippen molar-refractivity contribution in [1.29, 1.82) is 0 Å². The highest BCUT2D eigenvalue weighted by molar-refractivity contribution is 5.31. The Morgan fingerprint density at radius 1 is 1.32 bits per heavy atom. The molecule has 3 unspecified atom stereocenters. The van der Waals surface area contributed by atoms with Crippen molar-refractivity contribution in [2.24, 2.45) is 17.6 Å². The number of nitrogens with two attached hydrogens (primary N) is 1. The van der Waals surface area contributed by atoms with Crippen LogP contribution in [0.25, 0.3) is 0 Å². The van der Waals surface area contributed by atoms with Gasteiger partial charge in [0.15, 0.2) is 0 Å². The first-order valence-corrected chi connectivity index (χ1v) is 7.62. The zero-order valence-corrected chi connectivity index (χ0v) is 12.4. The average Bonchev–Trinajstić information content (AvgIpc) is 2.86. The Morgan fingerprint density at radius 2 is 2.11 bits per heavy atom. The lowest BCUT2D eigenvalue weighted by atomic mass is 9.91. The van der Waals surface area contributed by atoms with Crippen molar-refractivity contribution >= 4 is 0 Å². The van der Waals surface area contributed by atoms with Crippen LogP contribution >= 0.6 is 0 Å². The van der Waals surface area contributed by atoms with E-state index in [1.54, 1.807) is 0 Å². The standard InChI is InChI=1S/C17H27NO/c1-4-13-8-9-15(10-13)17(18)14-6-5-7-16(11-14)19-12(2)3/h5-7,11-13,15,17H,4,8-10,18H2,1-3H3. The van der Waals surface area contributed by atoms with Crippen molar-refractivity contribution in [2.75, 3.05) is 0 Å². The van der Waals surface area contributed by atoms with Crippen LogP contribution < -0.4 is 10.5 Å². The van der Waals surface area contributed by atoms with Crippen LogP contribution in [-0.4, -0.2) is 6.10 Å². The molecule has 19 heavy (non-hydrogen) atoms. The van der Waals surface area contributed by atoms with Gasteiger partial charge in [0.1, 0.15) is 5.75 Å². The Hall–Kier alpha value is -1.02. The molecule has 0 saturated heterocycles. The summed E-state index contributed by atoms with van der Waals surface area (Å²) >= 11 is 0. The monoisotopic (exact) mass is 261 g/mol. The Bertz CT molecular complexity index is 402. The molecule has 0 aliphatic heterocycles. The highest BCUT2D eigenvalue weighted by atomic mass is 16.5. The molecule has 1 aromatic rings. The third-order valence-electron chi connectivity index (χ3n) is 4.28. The van der Waals surface area contributed by atoms with Crippen LogP contribution in [0.1, 0.15) is 58.1 Å². The maximum absolute atomic E-state index is 6.46. The molecule has 2 rings (SSSR count). The first-order valence-electron chi connectivity index (χ1n) is 7.62. The molecule has 0 aromatic heterocycles. The van der Waals surface area contributed by atoms with Crippen molar-refractivity contribution in [1.82, 2.24) is 0 Å². The molecular weight excluding hydrogens is 234 g/mol. The fourth-order valence-corrected chi connectivity index (χ4v) is 3.15. The lowest BCUT2D eigenvalue weighted by Gasteiger charge is -2.21. The van der Waals surface area contributed by atoms with Crippen molar-refractivity contribution < 1.29 is 4.74 Å². The van der Waals surface area contributed by atoms with E-state index in [9.17, 15) is 0 Å². The van der Waals surface area contributed by atoms with E-state index in [0.717, 1.165) is 11.7 Å². The summed E-state index contributed by atoms with van der Waals surface area (Å²) in [4.78, 5) is 0. The van der Waals surface area contributed by atoms with E-state index in [-0.39, 0.29) is 12.1 Å². The molecule has 106 valence electrons. The van der Waals surface area contributed by atoms with Gasteiger partial charge in [0.05, 0.1) is 6.10 Å². The maximum atomic E-state index is 6.46. The third kappa shape index (κ3) is 3.73. The summed E-state index contributed by atoms with van der Waals surface area (Å²) in [6.07, 6.45) is 5.40. The fraction of sp³-hybridized carbons (Fsp3) is 0.647. The zero-order valence-electron chi connectivity index (χ0n) is 12.4. The minimum atomic E-state index is 0.160. The van der Waals surface area contributed by atoms with Crippen molar-refractivity contribution in [3.8, 4) is 5.75 Å². The van der Waals surface area contributed by atoms with Gasteiger partial charge in [-0.15, -0.1) is 0 Å². The highest BCUT2D eigenvalue weighted by Crippen LogP contribution is 2.39. The lowest BCUT2D eigenvalue weighted by Crippen LogP contribution is -2.19. The largest absolute Gasteiger partial charge is 0.491 e. The summed E-state index contributed by atoms with van der Waals surface area (Å²) in [5.41, 5.74) is 7.68. The smallest absolute Gasteiger partial charge is 0.120 e. The van der Waals surface area contributed by atoms with E-state index in [4.69, 9.17) is 10.5 Å². The summed E-state index contributed by atoms with van der Waals surface area (Å²) in [5.74, 6) is 2.46. The van der Waals surface area contributed by atoms with Crippen LogP contribution in [0.3, 0.4) is 0 Å². The van der Waals surface area contributed by atoms with Crippen LogP contribution in [-0.2, 0) is 0 Å². The molecule has 0 amide bonds. The number of ether oxygens (including phenoxy) is 1. The van der Waals surface area contributed by atoms with E-state index >= 15 is 0 Å². The molecule has 0 heterocycles. The van der Waals surface area contributed by atoms with Gasteiger partial charge < -0.3 is 10.5 Å². The number of rotatable bonds is 5. The van der Waals surface area contributed by atoms with E-state index in [1.165, 1.54) is 31.2 Å². The minimum Gasteiger partial charge on any atom is -0.491 e. The quantitative estimate of drug-likeness (QED) is 0.857. The third-order valence-corrected chi connectivity index (χ3v) is 4.28. The van der Waals surface area contributed by atoms with E-state index in [0.29, 0.717) is 5.92 Å². The van der Waals surface area contributed by atoms with Crippen molar-refractivity contribution in [3.63, 3.8) is 0 Å². The second-order valence-electron chi connectivity index (χ2n) is 6.11. The molecule has 2 nitrogen and oxygen atoms in total. The van der Waals surface area contributed by atoms with E-state index < -0.39 is 0 Å². The summed E-state index contributed by atoms with van der Waals surface area (Å²) < 4.78 is 5.75. The van der Waals surface area contributed by atoms with Crippen LogP contribution in [0.5, 0.6) is 5.75 Å². The normalized spacial score (nSPS) is 24.7. The average molecular weight is 261 g/mol. The highest BCUT2D eigenvalue weighted by Gasteiger charge is 2.28. The number of hydrogen-bond acceptors (Lipinski definition) is 2. The molecule has 2 heteroatoms. The fourth-order valence-electron chi connectivity index (χ4n) is 3.15. The number of benzene rings is 1. The zero-order chi connectivity index (χ0) is 13.8. The second kappa shape index (κ2) is 6.42. The minimum absolute atomic E-state index is 0.160. The SMILES string of the molecule is CCC1CCC(C(N)c2cccc(OC(C)C)c2)C1. The molecule has 2 N–H and O–H groups in total. The molecule has 1 aliphatic carbocycles. The molecule has 0 bridgehead atoms. The number of hydrogen-bond donors (Lipinski definition) is 1. The Kier molecular flexibility index (Phi) is 4.87. The van der Waals surface area contributed by atoms with Crippen molar-refractivity contribution in [2.45, 2.75) is 58.6 Å². The van der Waals surface area contributed by atoms with Gasteiger partial charge in [0.2, 0.25) is 0 Å². The molecule has 1 aromatic carbocycles. The molecule has 0 spiro atoms. The van der Waals surface area contributed by atoms with Crippen LogP contribution in [0.2, 0.25) is 0 Å². The van der Waals surface area contributed by atoms with Gasteiger partial charge in [0.25, 0.3) is 0 Å². The summed E-state index contributed by atoms with van der Waals surface area (Å²) in [6, 6.07) is 8.48. The second-order valence-corrected chi connectivity index (χ2v) is 6.11. The molecule has 1 saturated carbocycles. The van der Waals surface area contributed by atoms with Gasteiger partial charge in [0, 0.05) is 6.04 Å². The Morgan fingerprint density at radius 3 is 2.74 bits per heavy atom. The lowest BCUT2D eigenvalue weighted by molar-refractivity contribution is 0.242. The molecule has 1 fully saturated rings. The molecule has 3 atom stereocenters. The summed E-state index contributed by atoms with van der Waals surface area (Å²) in [5, 5.41) is 0. The Labute approximate surface area is 117 Å². The summed E-state index contributed by atoms with van der Waals surface area (Å²) in [6.45, 7) is 6.39. The van der Waals surface area contributed by atoms with E-state index in [2.05, 4.69) is 39.0 Å². The van der Waals surface area contributed by atoms with Crippen molar-refractivity contribution in [3.05, 3.63) is 29.8 Å². The molecule has 0 radical (unpaired) electrons. The first kappa shape index (κ1) is 14.4. The van der Waals surface area contributed by atoms with Gasteiger partial charge in [-0.3, -0.25) is 0 Å². The predicted octanol–water partition coefficient (Wildman–Crippen LogP) is 4.30. The van der Waals surface area contributed by atoms with Crippen LogP contribution in [0.15, 0.2) is 24.3 Å². The summed E-state index contributed by atoms with van der Waals surface area (Å²) in [7, 11) is 0. The van der Waals surface area contributed by atoms with Gasteiger partial charge in [-0.1, -0.05) is 31.9 Å².